The molecule has 0 bridgehead atoms. The standard InChI is InChI=1S/C12H13NO5S/c1-9(14)19-8-2-3-12(15)18-11-6-4-10(5-7-11)13(16)17/h4-7H,2-3,8H2,1H3. The van der Waals surface area contributed by atoms with E-state index in [1.54, 1.807) is 0 Å². The van der Waals surface area contributed by atoms with Crippen molar-refractivity contribution in [2.24, 2.45) is 0 Å². The number of nitro benzene ring substituents is 1. The van der Waals surface area contributed by atoms with Crippen LogP contribution in [0.5, 0.6) is 5.75 Å². The number of rotatable bonds is 6. The second-order valence-corrected chi connectivity index (χ2v) is 4.94. The molecule has 0 atom stereocenters. The summed E-state index contributed by atoms with van der Waals surface area (Å²) < 4.78 is 5.00. The fourth-order valence-corrected chi connectivity index (χ4v) is 1.83. The summed E-state index contributed by atoms with van der Waals surface area (Å²) >= 11 is 1.16. The van der Waals surface area contributed by atoms with Gasteiger partial charge >= 0.3 is 5.97 Å². The molecule has 0 aromatic heterocycles. The second kappa shape index (κ2) is 7.52. The molecule has 1 aromatic rings. The van der Waals surface area contributed by atoms with Crippen LogP contribution in [0.25, 0.3) is 0 Å². The second-order valence-electron chi connectivity index (χ2n) is 3.67. The number of esters is 1. The van der Waals surface area contributed by atoms with Crippen LogP contribution in [-0.2, 0) is 9.59 Å². The van der Waals surface area contributed by atoms with Gasteiger partial charge in [0.15, 0.2) is 5.12 Å². The summed E-state index contributed by atoms with van der Waals surface area (Å²) in [6, 6.07) is 5.29. The zero-order valence-electron chi connectivity index (χ0n) is 10.3. The molecule has 0 heterocycles. The van der Waals surface area contributed by atoms with Crippen LogP contribution in [0, 0.1) is 10.1 Å². The van der Waals surface area contributed by atoms with Crippen molar-refractivity contribution < 1.29 is 19.2 Å². The van der Waals surface area contributed by atoms with Crippen LogP contribution in [-0.4, -0.2) is 21.8 Å². The highest BCUT2D eigenvalue weighted by Gasteiger charge is 2.08. The SMILES string of the molecule is CC(=O)SCCCC(=O)Oc1ccc([N+](=O)[O-])cc1. The lowest BCUT2D eigenvalue weighted by Gasteiger charge is -2.03. The van der Waals surface area contributed by atoms with Crippen molar-refractivity contribution in [1.82, 2.24) is 0 Å². The molecule has 1 aromatic carbocycles. The predicted octanol–water partition coefficient (Wildman–Crippen LogP) is 2.56. The van der Waals surface area contributed by atoms with Gasteiger partial charge in [0.25, 0.3) is 5.69 Å². The number of benzene rings is 1. The molecule has 7 heteroatoms. The van der Waals surface area contributed by atoms with Crippen LogP contribution >= 0.6 is 11.8 Å². The van der Waals surface area contributed by atoms with Crippen LogP contribution in [0.1, 0.15) is 19.8 Å². The molecule has 0 saturated heterocycles. The Balaban J connectivity index is 2.35. The third-order valence-corrected chi connectivity index (χ3v) is 3.01. The van der Waals surface area contributed by atoms with E-state index in [1.807, 2.05) is 0 Å². The van der Waals surface area contributed by atoms with E-state index < -0.39 is 10.9 Å². The number of carbonyl (C=O) groups is 2. The van der Waals surface area contributed by atoms with Gasteiger partial charge in [-0.15, -0.1) is 0 Å². The summed E-state index contributed by atoms with van der Waals surface area (Å²) in [6.07, 6.45) is 0.757. The predicted molar refractivity (Wildman–Crippen MR) is 71.1 cm³/mol. The van der Waals surface area contributed by atoms with E-state index >= 15 is 0 Å². The molecule has 0 amide bonds. The first-order chi connectivity index (χ1) is 8.99. The first-order valence-electron chi connectivity index (χ1n) is 5.57. The van der Waals surface area contributed by atoms with Crippen LogP contribution in [0.3, 0.4) is 0 Å². The van der Waals surface area contributed by atoms with E-state index in [4.69, 9.17) is 4.74 Å². The maximum Gasteiger partial charge on any atom is 0.311 e. The summed E-state index contributed by atoms with van der Waals surface area (Å²) in [7, 11) is 0. The highest BCUT2D eigenvalue weighted by molar-refractivity contribution is 8.13. The van der Waals surface area contributed by atoms with Crippen LogP contribution < -0.4 is 4.74 Å². The molecule has 0 aliphatic rings. The minimum Gasteiger partial charge on any atom is -0.427 e. The van der Waals surface area contributed by atoms with Crippen LogP contribution in [0.2, 0.25) is 0 Å². The smallest absolute Gasteiger partial charge is 0.311 e. The van der Waals surface area contributed by atoms with Crippen molar-refractivity contribution in [3.05, 3.63) is 34.4 Å². The Hall–Kier alpha value is -1.89. The first-order valence-corrected chi connectivity index (χ1v) is 6.56. The number of nitro groups is 1. The highest BCUT2D eigenvalue weighted by atomic mass is 32.2. The van der Waals surface area contributed by atoms with Crippen molar-refractivity contribution in [2.45, 2.75) is 19.8 Å². The number of thioether (sulfide) groups is 1. The van der Waals surface area contributed by atoms with E-state index in [0.29, 0.717) is 12.2 Å². The average molecular weight is 283 g/mol. The summed E-state index contributed by atoms with van der Waals surface area (Å²) in [5.74, 6) is 0.429. The topological polar surface area (TPSA) is 86.5 Å². The van der Waals surface area contributed by atoms with Crippen molar-refractivity contribution in [1.29, 1.82) is 0 Å². The minimum absolute atomic E-state index is 0.0173. The monoisotopic (exact) mass is 283 g/mol. The van der Waals surface area contributed by atoms with Gasteiger partial charge < -0.3 is 4.74 Å². The maximum absolute atomic E-state index is 11.4. The van der Waals surface area contributed by atoms with E-state index in [-0.39, 0.29) is 23.0 Å². The summed E-state index contributed by atoms with van der Waals surface area (Å²) in [5, 5.41) is 10.4. The van der Waals surface area contributed by atoms with Crippen LogP contribution in [0.4, 0.5) is 5.69 Å². The Labute approximate surface area is 114 Å². The maximum atomic E-state index is 11.4. The summed E-state index contributed by atoms with van der Waals surface area (Å²) in [5.41, 5.74) is -0.0577. The minimum atomic E-state index is -0.523. The zero-order valence-corrected chi connectivity index (χ0v) is 11.1. The Morgan fingerprint density at radius 1 is 1.32 bits per heavy atom. The van der Waals surface area contributed by atoms with Crippen molar-refractivity contribution in [3.63, 3.8) is 0 Å². The van der Waals surface area contributed by atoms with Gasteiger partial charge in [-0.2, -0.15) is 0 Å². The van der Waals surface area contributed by atoms with Gasteiger partial charge in [-0.25, -0.2) is 0 Å². The molecule has 1 rings (SSSR count). The number of non-ortho nitro benzene ring substituents is 1. The largest absolute Gasteiger partial charge is 0.427 e. The molecular weight excluding hydrogens is 270 g/mol. The third-order valence-electron chi connectivity index (χ3n) is 2.11. The number of carbonyl (C=O) groups excluding carboxylic acids is 2. The molecule has 0 saturated carbocycles. The van der Waals surface area contributed by atoms with Gasteiger partial charge in [0.1, 0.15) is 5.75 Å². The van der Waals surface area contributed by atoms with E-state index in [1.165, 1.54) is 31.2 Å². The quantitative estimate of drug-likeness (QED) is 0.262. The number of nitrogens with zero attached hydrogens (tertiary/aromatic N) is 1. The Bertz CT molecular complexity index is 472. The molecule has 0 aliphatic heterocycles. The van der Waals surface area contributed by atoms with Gasteiger partial charge in [-0.3, -0.25) is 19.7 Å². The molecule has 0 aliphatic carbocycles. The molecule has 19 heavy (non-hydrogen) atoms. The lowest BCUT2D eigenvalue weighted by molar-refractivity contribution is -0.384. The van der Waals surface area contributed by atoms with Crippen molar-refractivity contribution >= 4 is 28.5 Å². The molecule has 102 valence electrons. The molecule has 0 radical (unpaired) electrons. The molecule has 0 fully saturated rings. The van der Waals surface area contributed by atoms with E-state index in [9.17, 15) is 19.7 Å². The molecule has 6 nitrogen and oxygen atoms in total. The third kappa shape index (κ3) is 6.01. The first kappa shape index (κ1) is 15.2. The van der Waals surface area contributed by atoms with Gasteiger partial charge in [0.2, 0.25) is 0 Å². The summed E-state index contributed by atoms with van der Waals surface area (Å²) in [4.78, 5) is 32.0. The Morgan fingerprint density at radius 2 is 1.95 bits per heavy atom. The van der Waals surface area contributed by atoms with Gasteiger partial charge in [-0.05, 0) is 18.6 Å². The fourth-order valence-electron chi connectivity index (χ4n) is 1.25. The van der Waals surface area contributed by atoms with Crippen molar-refractivity contribution in [2.75, 3.05) is 5.75 Å². The zero-order chi connectivity index (χ0) is 14.3. The van der Waals surface area contributed by atoms with Gasteiger partial charge in [-0.1, -0.05) is 11.8 Å². The number of ether oxygens (including phenoxy) is 1. The molecule has 0 spiro atoms. The number of hydrogen-bond acceptors (Lipinski definition) is 6. The van der Waals surface area contributed by atoms with Crippen molar-refractivity contribution in [3.8, 4) is 5.75 Å². The fraction of sp³-hybridized carbons (Fsp3) is 0.333. The average Bonchev–Trinajstić information content (AvgIpc) is 2.35. The van der Waals surface area contributed by atoms with Gasteiger partial charge in [0, 0.05) is 31.2 Å². The van der Waals surface area contributed by atoms with E-state index in [2.05, 4.69) is 0 Å². The van der Waals surface area contributed by atoms with E-state index in [0.717, 1.165) is 11.8 Å². The summed E-state index contributed by atoms with van der Waals surface area (Å²) in [6.45, 7) is 1.47. The lowest BCUT2D eigenvalue weighted by atomic mass is 10.3. The lowest BCUT2D eigenvalue weighted by Crippen LogP contribution is -2.08. The number of hydrogen-bond donors (Lipinski definition) is 0. The Morgan fingerprint density at radius 3 is 2.47 bits per heavy atom. The molecule has 0 N–H and O–H groups in total. The highest BCUT2D eigenvalue weighted by Crippen LogP contribution is 2.18. The van der Waals surface area contributed by atoms with Gasteiger partial charge in [0.05, 0.1) is 4.92 Å². The molecule has 0 unspecified atom stereocenters. The Kier molecular flexibility index (Phi) is 6.01. The molecular formula is C12H13NO5S. The van der Waals surface area contributed by atoms with Crippen LogP contribution in [0.15, 0.2) is 24.3 Å². The normalized spacial score (nSPS) is 9.95.